The molecule has 1 aliphatic rings. The third kappa shape index (κ3) is 7.41. The molecule has 0 aliphatic carbocycles. The maximum atomic E-state index is 12.6. The van der Waals surface area contributed by atoms with Crippen LogP contribution in [0.25, 0.3) is 0 Å². The molecule has 3 rings (SSSR count). The molecule has 1 heterocycles. The van der Waals surface area contributed by atoms with Gasteiger partial charge in [-0.15, -0.1) is 0 Å². The van der Waals surface area contributed by atoms with Gasteiger partial charge in [-0.3, -0.25) is 9.69 Å². The van der Waals surface area contributed by atoms with Crippen molar-refractivity contribution in [2.75, 3.05) is 20.3 Å². The number of amides is 3. The van der Waals surface area contributed by atoms with Gasteiger partial charge >= 0.3 is 6.03 Å². The Balaban J connectivity index is 1.64. The first-order valence-corrected chi connectivity index (χ1v) is 11.2. The summed E-state index contributed by atoms with van der Waals surface area (Å²) in [6.45, 7) is 2.76. The Labute approximate surface area is 200 Å². The molecular weight excluding hydrogens is 436 g/mol. The van der Waals surface area contributed by atoms with Crippen LogP contribution < -0.4 is 5.73 Å². The Hall–Kier alpha value is -3.20. The number of carbonyl (C=O) groups is 2. The highest BCUT2D eigenvalue weighted by Gasteiger charge is 2.38. The normalized spacial score (nSPS) is 20.2. The zero-order valence-electron chi connectivity index (χ0n) is 19.6. The second kappa shape index (κ2) is 12.9. The van der Waals surface area contributed by atoms with E-state index in [0.717, 1.165) is 16.0 Å². The minimum absolute atomic E-state index is 0.0173. The number of rotatable bonds is 11. The molecule has 2 N–H and O–H groups in total. The monoisotopic (exact) mass is 468 g/mol. The zero-order valence-corrected chi connectivity index (χ0v) is 19.6. The Morgan fingerprint density at radius 1 is 1.06 bits per heavy atom. The van der Waals surface area contributed by atoms with E-state index in [1.54, 1.807) is 6.92 Å². The SMILES string of the molecule is COC=C(C)C(=O)N(C[C@H]1C[C@H](OCc2ccccc2)[C@@H](COCc2ccccc2)O1)C(N)=O. The van der Waals surface area contributed by atoms with Crippen LogP contribution in [0.1, 0.15) is 24.5 Å². The quantitative estimate of drug-likeness (QED) is 0.401. The van der Waals surface area contributed by atoms with Gasteiger partial charge in [0, 0.05) is 12.0 Å². The van der Waals surface area contributed by atoms with Crippen molar-refractivity contribution in [1.29, 1.82) is 0 Å². The maximum Gasteiger partial charge on any atom is 0.321 e. The van der Waals surface area contributed by atoms with Crippen molar-refractivity contribution in [3.05, 3.63) is 83.6 Å². The lowest BCUT2D eigenvalue weighted by molar-refractivity contribution is -0.126. The highest BCUT2D eigenvalue weighted by molar-refractivity contribution is 6.02. The number of primary amides is 1. The van der Waals surface area contributed by atoms with E-state index in [0.29, 0.717) is 26.2 Å². The lowest BCUT2D eigenvalue weighted by Crippen LogP contribution is -2.45. The summed E-state index contributed by atoms with van der Waals surface area (Å²) in [5, 5.41) is 0. The van der Waals surface area contributed by atoms with Crippen molar-refractivity contribution in [1.82, 2.24) is 4.90 Å². The Morgan fingerprint density at radius 3 is 2.26 bits per heavy atom. The van der Waals surface area contributed by atoms with Crippen molar-refractivity contribution in [3.63, 3.8) is 0 Å². The summed E-state index contributed by atoms with van der Waals surface area (Å²) in [5.41, 5.74) is 7.85. The molecule has 2 aromatic carbocycles. The minimum atomic E-state index is -0.844. The molecule has 0 unspecified atom stereocenters. The molecule has 1 saturated heterocycles. The molecule has 2 aromatic rings. The average molecular weight is 469 g/mol. The number of nitrogens with two attached hydrogens (primary N) is 1. The highest BCUT2D eigenvalue weighted by atomic mass is 16.6. The highest BCUT2D eigenvalue weighted by Crippen LogP contribution is 2.26. The van der Waals surface area contributed by atoms with Crippen LogP contribution in [-0.2, 0) is 37.0 Å². The first-order chi connectivity index (χ1) is 16.5. The zero-order chi connectivity index (χ0) is 24.3. The van der Waals surface area contributed by atoms with Crippen LogP contribution in [0.4, 0.5) is 4.79 Å². The van der Waals surface area contributed by atoms with Crippen molar-refractivity contribution in [2.45, 2.75) is 44.9 Å². The van der Waals surface area contributed by atoms with Gasteiger partial charge in [-0.1, -0.05) is 60.7 Å². The summed E-state index contributed by atoms with van der Waals surface area (Å²) in [6, 6.07) is 18.9. The van der Waals surface area contributed by atoms with Gasteiger partial charge in [-0.2, -0.15) is 0 Å². The molecule has 8 heteroatoms. The van der Waals surface area contributed by atoms with Gasteiger partial charge in [0.1, 0.15) is 6.10 Å². The number of hydrogen-bond donors (Lipinski definition) is 1. The average Bonchev–Trinajstić information content (AvgIpc) is 3.23. The largest absolute Gasteiger partial charge is 0.504 e. The summed E-state index contributed by atoms with van der Waals surface area (Å²) in [7, 11) is 1.43. The van der Waals surface area contributed by atoms with Gasteiger partial charge in [0.2, 0.25) is 0 Å². The molecule has 182 valence electrons. The molecule has 0 aromatic heterocycles. The molecule has 0 radical (unpaired) electrons. The number of hydrogen-bond acceptors (Lipinski definition) is 6. The number of benzene rings is 2. The van der Waals surface area contributed by atoms with E-state index in [4.69, 9.17) is 24.7 Å². The summed E-state index contributed by atoms with van der Waals surface area (Å²) >= 11 is 0. The number of carbonyl (C=O) groups excluding carboxylic acids is 2. The van der Waals surface area contributed by atoms with Gasteiger partial charge in [0.15, 0.2) is 0 Å². The van der Waals surface area contributed by atoms with E-state index in [1.807, 2.05) is 60.7 Å². The van der Waals surface area contributed by atoms with Crippen LogP contribution in [0.2, 0.25) is 0 Å². The van der Waals surface area contributed by atoms with Crippen LogP contribution >= 0.6 is 0 Å². The van der Waals surface area contributed by atoms with E-state index in [1.165, 1.54) is 13.4 Å². The molecular formula is C26H32N2O6. The molecule has 3 atom stereocenters. The van der Waals surface area contributed by atoms with Gasteiger partial charge in [-0.05, 0) is 18.1 Å². The molecule has 0 saturated carbocycles. The van der Waals surface area contributed by atoms with Gasteiger partial charge in [0.05, 0.1) is 51.9 Å². The number of nitrogens with zero attached hydrogens (tertiary/aromatic N) is 1. The fourth-order valence-electron chi connectivity index (χ4n) is 3.80. The van der Waals surface area contributed by atoms with Gasteiger partial charge in [-0.25, -0.2) is 4.79 Å². The molecule has 0 bridgehead atoms. The Bertz CT molecular complexity index is 950. The fourth-order valence-corrected chi connectivity index (χ4v) is 3.80. The van der Waals surface area contributed by atoms with Crippen molar-refractivity contribution in [3.8, 4) is 0 Å². The van der Waals surface area contributed by atoms with Crippen LogP contribution in [0.3, 0.4) is 0 Å². The predicted octanol–water partition coefficient (Wildman–Crippen LogP) is 3.40. The first kappa shape index (κ1) is 25.4. The third-order valence-corrected chi connectivity index (χ3v) is 5.51. The summed E-state index contributed by atoms with van der Waals surface area (Å²) in [5.74, 6) is -0.525. The molecule has 3 amide bonds. The Morgan fingerprint density at radius 2 is 1.68 bits per heavy atom. The van der Waals surface area contributed by atoms with Gasteiger partial charge in [0.25, 0.3) is 5.91 Å². The Kier molecular flexibility index (Phi) is 9.63. The maximum absolute atomic E-state index is 12.6. The van der Waals surface area contributed by atoms with Crippen molar-refractivity contribution in [2.24, 2.45) is 5.73 Å². The van der Waals surface area contributed by atoms with Crippen LogP contribution in [-0.4, -0.2) is 55.4 Å². The molecule has 34 heavy (non-hydrogen) atoms. The topological polar surface area (TPSA) is 100 Å². The molecule has 1 fully saturated rings. The molecule has 8 nitrogen and oxygen atoms in total. The fraction of sp³-hybridized carbons (Fsp3) is 0.385. The third-order valence-electron chi connectivity index (χ3n) is 5.51. The van der Waals surface area contributed by atoms with Crippen LogP contribution in [0, 0.1) is 0 Å². The summed E-state index contributed by atoms with van der Waals surface area (Å²) < 4.78 is 23.1. The molecule has 1 aliphatic heterocycles. The van der Waals surface area contributed by atoms with E-state index in [9.17, 15) is 9.59 Å². The molecule has 0 spiro atoms. The van der Waals surface area contributed by atoms with E-state index in [-0.39, 0.29) is 24.3 Å². The van der Waals surface area contributed by atoms with Crippen LogP contribution in [0.5, 0.6) is 0 Å². The predicted molar refractivity (Wildman–Crippen MR) is 126 cm³/mol. The van der Waals surface area contributed by atoms with E-state index in [2.05, 4.69) is 0 Å². The number of imide groups is 1. The van der Waals surface area contributed by atoms with E-state index < -0.39 is 18.0 Å². The second-order valence-corrected chi connectivity index (χ2v) is 8.16. The minimum Gasteiger partial charge on any atom is -0.504 e. The van der Waals surface area contributed by atoms with Crippen molar-refractivity contribution < 1.29 is 28.5 Å². The standard InChI is InChI=1S/C26H32N2O6/c1-19(15-31-2)25(29)28(26(27)30)14-22-13-23(33-17-21-11-7-4-8-12-21)24(34-22)18-32-16-20-9-5-3-6-10-20/h3-12,15,22-24H,13-14,16-18H2,1-2H3,(H2,27,30)/t22-,23+,24-/m1/s1. The second-order valence-electron chi connectivity index (χ2n) is 8.16. The van der Waals surface area contributed by atoms with Crippen molar-refractivity contribution >= 4 is 11.9 Å². The number of ether oxygens (including phenoxy) is 4. The number of methoxy groups -OCH3 is 1. The first-order valence-electron chi connectivity index (χ1n) is 11.2. The smallest absolute Gasteiger partial charge is 0.321 e. The van der Waals surface area contributed by atoms with E-state index >= 15 is 0 Å². The number of urea groups is 1. The summed E-state index contributed by atoms with van der Waals surface area (Å²) in [4.78, 5) is 25.6. The summed E-state index contributed by atoms with van der Waals surface area (Å²) in [6.07, 6.45) is 0.730. The van der Waals surface area contributed by atoms with Gasteiger partial charge < -0.3 is 24.7 Å². The van der Waals surface area contributed by atoms with Crippen LogP contribution in [0.15, 0.2) is 72.5 Å². The lowest BCUT2D eigenvalue weighted by Gasteiger charge is -2.22. The lowest BCUT2D eigenvalue weighted by atomic mass is 10.1.